The summed E-state index contributed by atoms with van der Waals surface area (Å²) in [6.45, 7) is 1.92. The van der Waals surface area contributed by atoms with Crippen LogP contribution in [0.3, 0.4) is 0 Å². The van der Waals surface area contributed by atoms with Crippen molar-refractivity contribution < 1.29 is 9.21 Å². The highest BCUT2D eigenvalue weighted by atomic mass is 16.3. The maximum absolute atomic E-state index is 12.9. The molecule has 0 saturated carbocycles. The van der Waals surface area contributed by atoms with Crippen molar-refractivity contribution in [2.75, 3.05) is 7.05 Å². The highest BCUT2D eigenvalue weighted by Gasteiger charge is 2.22. The van der Waals surface area contributed by atoms with Crippen LogP contribution in [0.5, 0.6) is 0 Å². The Kier molecular flexibility index (Phi) is 4.49. The van der Waals surface area contributed by atoms with Crippen molar-refractivity contribution in [3.05, 3.63) is 88.8 Å². The van der Waals surface area contributed by atoms with E-state index in [1.807, 2.05) is 31.2 Å². The molecule has 2 aromatic carbocycles. The first kappa shape index (κ1) is 17.7. The van der Waals surface area contributed by atoms with Crippen LogP contribution in [-0.2, 0) is 0 Å². The number of nitrogens with zero attached hydrogens (tertiary/aromatic N) is 4. The second-order valence-electron chi connectivity index (χ2n) is 6.49. The molecule has 7 nitrogen and oxygen atoms in total. The summed E-state index contributed by atoms with van der Waals surface area (Å²) in [6.07, 6.45) is 3.09. The first-order valence-electron chi connectivity index (χ1n) is 8.79. The van der Waals surface area contributed by atoms with Crippen molar-refractivity contribution in [1.29, 1.82) is 0 Å². The Morgan fingerprint density at radius 2 is 1.89 bits per heavy atom. The van der Waals surface area contributed by atoms with Gasteiger partial charge in [-0.05, 0) is 36.8 Å². The zero-order valence-electron chi connectivity index (χ0n) is 15.4. The van der Waals surface area contributed by atoms with Gasteiger partial charge in [-0.25, -0.2) is 9.67 Å². The average Bonchev–Trinajstić information content (AvgIpc) is 3.27. The maximum Gasteiger partial charge on any atom is 0.289 e. The fourth-order valence-electron chi connectivity index (χ4n) is 3.03. The van der Waals surface area contributed by atoms with E-state index < -0.39 is 0 Å². The Labute approximate surface area is 160 Å². The number of carbonyl (C=O) groups excluding carboxylic acids is 1. The summed E-state index contributed by atoms with van der Waals surface area (Å²) >= 11 is 0. The van der Waals surface area contributed by atoms with Crippen LogP contribution in [0.4, 0.5) is 0 Å². The fraction of sp³-hybridized carbons (Fsp3) is 0.143. The number of rotatable bonds is 4. The van der Waals surface area contributed by atoms with Gasteiger partial charge in [0, 0.05) is 13.1 Å². The van der Waals surface area contributed by atoms with Gasteiger partial charge < -0.3 is 9.32 Å². The van der Waals surface area contributed by atoms with E-state index in [2.05, 4.69) is 10.1 Å². The third kappa shape index (κ3) is 3.18. The summed E-state index contributed by atoms with van der Waals surface area (Å²) in [5.41, 5.74) is 1.99. The third-order valence-corrected chi connectivity index (χ3v) is 4.81. The maximum atomic E-state index is 12.9. The second-order valence-corrected chi connectivity index (χ2v) is 6.49. The summed E-state index contributed by atoms with van der Waals surface area (Å²) < 4.78 is 7.33. The molecule has 0 fully saturated rings. The Balaban J connectivity index is 1.59. The fourth-order valence-corrected chi connectivity index (χ4v) is 3.03. The van der Waals surface area contributed by atoms with Gasteiger partial charge in [-0.1, -0.05) is 24.3 Å². The molecule has 28 heavy (non-hydrogen) atoms. The first-order valence-corrected chi connectivity index (χ1v) is 8.79. The molecule has 0 bridgehead atoms. The van der Waals surface area contributed by atoms with Crippen molar-refractivity contribution in [3.8, 4) is 5.69 Å². The lowest BCUT2D eigenvalue weighted by atomic mass is 10.1. The molecule has 140 valence electrons. The molecular formula is C21H18N4O3. The van der Waals surface area contributed by atoms with Gasteiger partial charge in [-0.15, -0.1) is 0 Å². The molecule has 1 amide bonds. The van der Waals surface area contributed by atoms with Crippen LogP contribution in [-0.4, -0.2) is 32.6 Å². The summed E-state index contributed by atoms with van der Waals surface area (Å²) in [7, 11) is 1.69. The lowest BCUT2D eigenvalue weighted by Gasteiger charge is -2.25. The Hall–Kier alpha value is -3.74. The molecule has 2 heterocycles. The van der Waals surface area contributed by atoms with E-state index in [1.165, 1.54) is 12.4 Å². The van der Waals surface area contributed by atoms with Crippen molar-refractivity contribution in [2.24, 2.45) is 0 Å². The molecular weight excluding hydrogens is 356 g/mol. The minimum atomic E-state index is -0.351. The predicted octanol–water partition coefficient (Wildman–Crippen LogP) is 3.21. The summed E-state index contributed by atoms with van der Waals surface area (Å²) in [4.78, 5) is 30.6. The van der Waals surface area contributed by atoms with E-state index in [1.54, 1.807) is 47.2 Å². The lowest BCUT2D eigenvalue weighted by molar-refractivity contribution is 0.0711. The number of benzene rings is 2. The van der Waals surface area contributed by atoms with Gasteiger partial charge >= 0.3 is 0 Å². The molecule has 4 rings (SSSR count). The molecule has 0 aliphatic carbocycles. The van der Waals surface area contributed by atoms with Crippen molar-refractivity contribution in [1.82, 2.24) is 19.7 Å². The van der Waals surface area contributed by atoms with Crippen molar-refractivity contribution in [3.63, 3.8) is 0 Å². The molecule has 0 aliphatic rings. The topological polar surface area (TPSA) is 81.2 Å². The van der Waals surface area contributed by atoms with Crippen LogP contribution in [0, 0.1) is 0 Å². The molecule has 2 aromatic heterocycles. The summed E-state index contributed by atoms with van der Waals surface area (Å²) in [5.74, 6) is -0.326. The van der Waals surface area contributed by atoms with E-state index >= 15 is 0 Å². The van der Waals surface area contributed by atoms with Gasteiger partial charge in [-0.2, -0.15) is 5.10 Å². The third-order valence-electron chi connectivity index (χ3n) is 4.81. The normalized spacial score (nSPS) is 12.1. The van der Waals surface area contributed by atoms with Crippen molar-refractivity contribution in [2.45, 2.75) is 13.0 Å². The second kappa shape index (κ2) is 7.11. The van der Waals surface area contributed by atoms with Crippen LogP contribution in [0.15, 0.2) is 76.5 Å². The smallest absolute Gasteiger partial charge is 0.289 e. The van der Waals surface area contributed by atoms with Crippen LogP contribution in [0.2, 0.25) is 0 Å². The van der Waals surface area contributed by atoms with Gasteiger partial charge in [0.25, 0.3) is 5.91 Å². The number of hydrogen-bond acceptors (Lipinski definition) is 5. The highest BCUT2D eigenvalue weighted by molar-refractivity contribution is 5.93. The first-order chi connectivity index (χ1) is 13.5. The van der Waals surface area contributed by atoms with Gasteiger partial charge in [0.15, 0.2) is 11.2 Å². The minimum absolute atomic E-state index is 0.0253. The van der Waals surface area contributed by atoms with Gasteiger partial charge in [0.1, 0.15) is 18.2 Å². The monoisotopic (exact) mass is 374 g/mol. The molecule has 0 radical (unpaired) electrons. The quantitative estimate of drug-likeness (QED) is 0.548. The van der Waals surface area contributed by atoms with Crippen LogP contribution in [0.25, 0.3) is 16.7 Å². The number of para-hydroxylation sites is 1. The minimum Gasteiger partial charge on any atom is -0.451 e. The van der Waals surface area contributed by atoms with E-state index in [0.29, 0.717) is 11.0 Å². The molecule has 0 saturated heterocycles. The van der Waals surface area contributed by atoms with E-state index in [4.69, 9.17) is 4.42 Å². The molecule has 4 aromatic rings. The molecule has 1 atom stereocenters. The molecule has 1 unspecified atom stereocenters. The molecule has 0 N–H and O–H groups in total. The molecule has 0 aliphatic heterocycles. The molecule has 7 heteroatoms. The zero-order chi connectivity index (χ0) is 19.7. The number of carbonyl (C=O) groups is 1. The molecule has 0 spiro atoms. The SMILES string of the molecule is CC(c1ccc(-n2cncn2)cc1)N(C)C(=O)c1cc(=O)c2ccccc2o1. The predicted molar refractivity (Wildman–Crippen MR) is 104 cm³/mol. The van der Waals surface area contributed by atoms with Crippen LogP contribution < -0.4 is 5.43 Å². The van der Waals surface area contributed by atoms with E-state index in [9.17, 15) is 9.59 Å². The average molecular weight is 374 g/mol. The number of hydrogen-bond donors (Lipinski definition) is 0. The lowest BCUT2D eigenvalue weighted by Crippen LogP contribution is -2.30. The summed E-state index contributed by atoms with van der Waals surface area (Å²) in [6, 6.07) is 15.6. The van der Waals surface area contributed by atoms with Gasteiger partial charge in [0.2, 0.25) is 0 Å². The van der Waals surface area contributed by atoms with Crippen LogP contribution in [0.1, 0.15) is 29.1 Å². The highest BCUT2D eigenvalue weighted by Crippen LogP contribution is 2.22. The van der Waals surface area contributed by atoms with Crippen LogP contribution >= 0.6 is 0 Å². The number of aromatic nitrogens is 3. The number of fused-ring (bicyclic) bond motifs is 1. The van der Waals surface area contributed by atoms with Gasteiger partial charge in [0.05, 0.1) is 17.1 Å². The summed E-state index contributed by atoms with van der Waals surface area (Å²) in [5, 5.41) is 4.55. The standard InChI is InChI=1S/C21H18N4O3/c1-14(15-7-9-16(10-8-15)25-13-22-12-23-25)24(2)21(27)20-11-18(26)17-5-3-4-6-19(17)28-20/h3-14H,1-2H3. The Morgan fingerprint density at radius 1 is 1.14 bits per heavy atom. The largest absolute Gasteiger partial charge is 0.451 e. The van der Waals surface area contributed by atoms with E-state index in [-0.39, 0.29) is 23.1 Å². The number of amides is 1. The van der Waals surface area contributed by atoms with E-state index in [0.717, 1.165) is 11.3 Å². The Morgan fingerprint density at radius 3 is 2.61 bits per heavy atom. The Bertz CT molecular complexity index is 1180. The zero-order valence-corrected chi connectivity index (χ0v) is 15.4. The van der Waals surface area contributed by atoms with Crippen molar-refractivity contribution >= 4 is 16.9 Å². The van der Waals surface area contributed by atoms with Gasteiger partial charge in [-0.3, -0.25) is 9.59 Å².